The zero-order chi connectivity index (χ0) is 23.1. The molecule has 0 unspecified atom stereocenters. The molecule has 0 radical (unpaired) electrons. The molecule has 6 atom stereocenters. The van der Waals surface area contributed by atoms with E-state index in [1.807, 2.05) is 27.7 Å². The van der Waals surface area contributed by atoms with Crippen molar-refractivity contribution >= 4 is 11.9 Å². The van der Waals surface area contributed by atoms with Crippen LogP contribution in [-0.4, -0.2) is 51.2 Å². The van der Waals surface area contributed by atoms with Crippen molar-refractivity contribution in [3.8, 4) is 5.75 Å². The van der Waals surface area contributed by atoms with E-state index in [2.05, 4.69) is 0 Å². The van der Waals surface area contributed by atoms with Crippen LogP contribution >= 0.6 is 0 Å². The van der Waals surface area contributed by atoms with Crippen molar-refractivity contribution in [3.05, 3.63) is 41.5 Å². The molecular formula is C24H32O7. The topological polar surface area (TPSA) is 113 Å². The maximum atomic E-state index is 12.9. The average molecular weight is 433 g/mol. The highest BCUT2D eigenvalue weighted by Crippen LogP contribution is 2.59. The van der Waals surface area contributed by atoms with Crippen LogP contribution in [0.15, 0.2) is 35.9 Å². The van der Waals surface area contributed by atoms with Crippen molar-refractivity contribution in [3.63, 3.8) is 0 Å². The first-order valence-electron chi connectivity index (χ1n) is 10.6. The third-order valence-electron chi connectivity index (χ3n) is 6.98. The quantitative estimate of drug-likeness (QED) is 0.495. The number of aliphatic hydroxyl groups is 2. The smallest absolute Gasteiger partial charge is 0.338 e. The van der Waals surface area contributed by atoms with Crippen LogP contribution in [0.5, 0.6) is 5.75 Å². The molecule has 0 spiro atoms. The Balaban J connectivity index is 2.06. The Labute approximate surface area is 182 Å². The molecule has 170 valence electrons. The highest BCUT2D eigenvalue weighted by Gasteiger charge is 2.67. The van der Waals surface area contributed by atoms with Gasteiger partial charge in [0.15, 0.2) is 0 Å². The molecular weight excluding hydrogens is 400 g/mol. The predicted octanol–water partition coefficient (Wildman–Crippen LogP) is 2.97. The molecule has 2 aliphatic carbocycles. The van der Waals surface area contributed by atoms with Gasteiger partial charge in [0, 0.05) is 18.3 Å². The summed E-state index contributed by atoms with van der Waals surface area (Å²) >= 11 is 0. The molecule has 0 amide bonds. The monoisotopic (exact) mass is 432 g/mol. The first kappa shape index (κ1) is 23.3. The summed E-state index contributed by atoms with van der Waals surface area (Å²) in [5, 5.41) is 32.5. The minimum atomic E-state index is -1.51. The largest absolute Gasteiger partial charge is 0.508 e. The summed E-state index contributed by atoms with van der Waals surface area (Å²) in [6.07, 6.45) is -0.0893. The molecule has 1 aromatic carbocycles. The Bertz CT molecular complexity index is 874. The molecule has 0 aromatic heterocycles. The number of fused-ring (bicyclic) bond motifs is 1. The fraction of sp³-hybridized carbons (Fsp3) is 0.583. The number of esters is 2. The number of carbonyl (C=O) groups excluding carboxylic acids is 2. The Kier molecular flexibility index (Phi) is 6.22. The first-order chi connectivity index (χ1) is 14.4. The van der Waals surface area contributed by atoms with E-state index in [-0.39, 0.29) is 23.7 Å². The van der Waals surface area contributed by atoms with Crippen LogP contribution in [0.3, 0.4) is 0 Å². The molecule has 1 fully saturated rings. The zero-order valence-electron chi connectivity index (χ0n) is 18.7. The van der Waals surface area contributed by atoms with Gasteiger partial charge in [0.2, 0.25) is 0 Å². The lowest BCUT2D eigenvalue weighted by Crippen LogP contribution is -2.56. The first-order valence-corrected chi connectivity index (χ1v) is 10.6. The van der Waals surface area contributed by atoms with Gasteiger partial charge < -0.3 is 24.8 Å². The van der Waals surface area contributed by atoms with E-state index in [1.54, 1.807) is 6.08 Å². The van der Waals surface area contributed by atoms with Gasteiger partial charge >= 0.3 is 11.9 Å². The number of ether oxygens (including phenoxy) is 2. The van der Waals surface area contributed by atoms with E-state index in [1.165, 1.54) is 31.2 Å². The van der Waals surface area contributed by atoms with Crippen molar-refractivity contribution in [2.75, 3.05) is 0 Å². The lowest BCUT2D eigenvalue weighted by molar-refractivity contribution is -0.178. The second-order valence-electron chi connectivity index (χ2n) is 9.48. The van der Waals surface area contributed by atoms with E-state index >= 15 is 0 Å². The summed E-state index contributed by atoms with van der Waals surface area (Å²) in [6, 6.07) is 5.72. The van der Waals surface area contributed by atoms with Gasteiger partial charge in [-0.1, -0.05) is 26.3 Å². The molecule has 1 saturated carbocycles. The molecule has 1 aromatic rings. The van der Waals surface area contributed by atoms with Crippen molar-refractivity contribution < 1.29 is 34.4 Å². The number of benzene rings is 1. The van der Waals surface area contributed by atoms with Crippen LogP contribution in [0, 0.1) is 17.3 Å². The number of hydrogen-bond acceptors (Lipinski definition) is 7. The SMILES string of the molecule is CC(=O)O[C@H]1C[C@]2(C)[C@H](O)CC(C)=C[C@H](OC(=O)c3ccc(O)cc3)[C@@H]2[C@]1(O)C(C)C. The fourth-order valence-electron chi connectivity index (χ4n) is 5.34. The van der Waals surface area contributed by atoms with E-state index in [0.29, 0.717) is 6.42 Å². The molecule has 3 N–H and O–H groups in total. The summed E-state index contributed by atoms with van der Waals surface area (Å²) in [4.78, 5) is 24.7. The van der Waals surface area contributed by atoms with Crippen LogP contribution in [0.25, 0.3) is 0 Å². The summed E-state index contributed by atoms with van der Waals surface area (Å²) < 4.78 is 11.4. The number of phenolic OH excluding ortho intramolecular Hbond substituents is 1. The summed E-state index contributed by atoms with van der Waals surface area (Å²) in [7, 11) is 0. The van der Waals surface area contributed by atoms with Crippen LogP contribution in [0.1, 0.15) is 57.8 Å². The standard InChI is InChI=1S/C24H32O7/c1-13(2)24(29)20(30-15(4)25)12-23(5)19(27)11-14(3)10-18(21(23)24)31-22(28)16-6-8-17(26)9-7-16/h6-10,13,18-21,26-27,29H,11-12H2,1-5H3/t18-,19+,20-,21-,23+,24-/m0/s1. The van der Waals surface area contributed by atoms with E-state index in [0.717, 1.165) is 5.57 Å². The minimum absolute atomic E-state index is 0.0339. The molecule has 7 nitrogen and oxygen atoms in total. The zero-order valence-corrected chi connectivity index (χ0v) is 18.7. The van der Waals surface area contributed by atoms with Crippen molar-refractivity contribution in [1.82, 2.24) is 0 Å². The van der Waals surface area contributed by atoms with Gasteiger partial charge in [-0.3, -0.25) is 4.79 Å². The van der Waals surface area contributed by atoms with E-state index in [9.17, 15) is 24.9 Å². The number of phenols is 1. The molecule has 31 heavy (non-hydrogen) atoms. The number of aromatic hydroxyl groups is 1. The van der Waals surface area contributed by atoms with Crippen molar-refractivity contribution in [2.24, 2.45) is 17.3 Å². The Morgan fingerprint density at radius 3 is 2.32 bits per heavy atom. The van der Waals surface area contributed by atoms with Gasteiger partial charge in [0.1, 0.15) is 23.6 Å². The predicted molar refractivity (Wildman–Crippen MR) is 113 cm³/mol. The maximum Gasteiger partial charge on any atom is 0.338 e. The van der Waals surface area contributed by atoms with Crippen molar-refractivity contribution in [2.45, 2.75) is 71.4 Å². The highest BCUT2D eigenvalue weighted by atomic mass is 16.6. The van der Waals surface area contributed by atoms with Gasteiger partial charge in [-0.05, 0) is 56.0 Å². The molecule has 2 aliphatic rings. The number of hydrogen-bond donors (Lipinski definition) is 3. The molecule has 0 heterocycles. The second kappa shape index (κ2) is 8.28. The molecule has 3 rings (SSSR count). The van der Waals surface area contributed by atoms with Gasteiger partial charge in [-0.25, -0.2) is 4.79 Å². The lowest BCUT2D eigenvalue weighted by atomic mass is 9.66. The maximum absolute atomic E-state index is 12.9. The van der Waals surface area contributed by atoms with E-state index < -0.39 is 47.2 Å². The van der Waals surface area contributed by atoms with Gasteiger partial charge in [-0.15, -0.1) is 0 Å². The van der Waals surface area contributed by atoms with Crippen LogP contribution in [-0.2, 0) is 14.3 Å². The summed E-state index contributed by atoms with van der Waals surface area (Å²) in [5.41, 5.74) is -1.25. The summed E-state index contributed by atoms with van der Waals surface area (Å²) in [6.45, 7) is 8.66. The van der Waals surface area contributed by atoms with Crippen LogP contribution < -0.4 is 0 Å². The second-order valence-corrected chi connectivity index (χ2v) is 9.48. The van der Waals surface area contributed by atoms with Gasteiger partial charge in [-0.2, -0.15) is 0 Å². The Hall–Kier alpha value is -2.38. The number of aliphatic hydroxyl groups excluding tert-OH is 1. The molecule has 0 saturated heterocycles. The normalized spacial score (nSPS) is 35.2. The highest BCUT2D eigenvalue weighted by molar-refractivity contribution is 5.89. The third-order valence-corrected chi connectivity index (χ3v) is 6.98. The lowest BCUT2D eigenvalue weighted by Gasteiger charge is -2.44. The van der Waals surface area contributed by atoms with E-state index in [4.69, 9.17) is 9.47 Å². The molecule has 0 aliphatic heterocycles. The van der Waals surface area contributed by atoms with Gasteiger partial charge in [0.05, 0.1) is 11.7 Å². The average Bonchev–Trinajstić information content (AvgIpc) is 2.84. The van der Waals surface area contributed by atoms with Crippen LogP contribution in [0.4, 0.5) is 0 Å². The number of carbonyl (C=O) groups is 2. The van der Waals surface area contributed by atoms with Crippen LogP contribution in [0.2, 0.25) is 0 Å². The minimum Gasteiger partial charge on any atom is -0.508 e. The fourth-order valence-corrected chi connectivity index (χ4v) is 5.34. The number of rotatable bonds is 4. The summed E-state index contributed by atoms with van der Waals surface area (Å²) in [5.74, 6) is -2.11. The Morgan fingerprint density at radius 2 is 1.77 bits per heavy atom. The van der Waals surface area contributed by atoms with Crippen molar-refractivity contribution in [1.29, 1.82) is 0 Å². The molecule has 0 bridgehead atoms. The van der Waals surface area contributed by atoms with Gasteiger partial charge in [0.25, 0.3) is 0 Å². The Morgan fingerprint density at radius 1 is 1.16 bits per heavy atom. The molecule has 7 heteroatoms. The third kappa shape index (κ3) is 4.08.